The highest BCUT2D eigenvalue weighted by atomic mass is 19.2. The van der Waals surface area contributed by atoms with E-state index in [1.54, 1.807) is 34.6 Å². The van der Waals surface area contributed by atoms with Gasteiger partial charge in [0.25, 0.3) is 0 Å². The quantitative estimate of drug-likeness (QED) is 0.301. The highest BCUT2D eigenvalue weighted by molar-refractivity contribution is 5.82. The normalized spacial score (nSPS) is 14.7. The lowest BCUT2D eigenvalue weighted by Gasteiger charge is -2.27. The van der Waals surface area contributed by atoms with Gasteiger partial charge in [0.05, 0.1) is 18.5 Å². The molecule has 31 heavy (non-hydrogen) atoms. The molecule has 0 aliphatic heterocycles. The number of benzene rings is 1. The number of esters is 1. The summed E-state index contributed by atoms with van der Waals surface area (Å²) in [5.74, 6) is -10.1. The molecule has 11 heteroatoms. The van der Waals surface area contributed by atoms with Crippen LogP contribution in [0.3, 0.4) is 0 Å². The van der Waals surface area contributed by atoms with Crippen molar-refractivity contribution in [2.24, 2.45) is 11.7 Å². The number of ether oxygens (including phenoxy) is 2. The number of hydrogen-bond donors (Lipinski definition) is 3. The van der Waals surface area contributed by atoms with Gasteiger partial charge < -0.3 is 25.6 Å². The topological polar surface area (TPSA) is 111 Å². The van der Waals surface area contributed by atoms with Gasteiger partial charge in [-0.15, -0.1) is 0 Å². The van der Waals surface area contributed by atoms with Crippen molar-refractivity contribution in [3.8, 4) is 5.75 Å². The van der Waals surface area contributed by atoms with E-state index < -0.39 is 77.7 Å². The van der Waals surface area contributed by atoms with Crippen LogP contribution in [0.15, 0.2) is 6.07 Å². The highest BCUT2D eigenvalue weighted by Gasteiger charge is 2.31. The first-order valence-corrected chi connectivity index (χ1v) is 9.55. The van der Waals surface area contributed by atoms with Crippen LogP contribution in [0.2, 0.25) is 0 Å². The lowest BCUT2D eigenvalue weighted by molar-refractivity contribution is -0.156. The number of halogens is 4. The fourth-order valence-electron chi connectivity index (χ4n) is 2.39. The smallest absolute Gasteiger partial charge is 0.308 e. The van der Waals surface area contributed by atoms with Gasteiger partial charge in [-0.3, -0.25) is 9.59 Å². The lowest BCUT2D eigenvalue weighted by atomic mass is 10.0. The van der Waals surface area contributed by atoms with Gasteiger partial charge >= 0.3 is 5.97 Å². The van der Waals surface area contributed by atoms with Crippen LogP contribution in [0.4, 0.5) is 17.6 Å². The van der Waals surface area contributed by atoms with E-state index in [9.17, 15) is 32.3 Å². The summed E-state index contributed by atoms with van der Waals surface area (Å²) in [6.45, 7) is 7.28. The molecule has 0 radical (unpaired) electrons. The fourth-order valence-corrected chi connectivity index (χ4v) is 2.39. The molecular weight excluding hydrogens is 424 g/mol. The number of nitrogens with two attached hydrogens (primary N) is 1. The molecule has 1 rings (SSSR count). The second kappa shape index (κ2) is 10.8. The summed E-state index contributed by atoms with van der Waals surface area (Å²) < 4.78 is 64.0. The first-order chi connectivity index (χ1) is 14.1. The molecule has 0 spiro atoms. The van der Waals surface area contributed by atoms with Crippen LogP contribution in [-0.4, -0.2) is 47.4 Å². The maximum absolute atomic E-state index is 13.7. The Kier molecular flexibility index (Phi) is 9.25. The number of rotatable bonds is 9. The number of amides is 1. The van der Waals surface area contributed by atoms with Crippen LogP contribution in [0.1, 0.15) is 41.0 Å². The third-order valence-corrected chi connectivity index (χ3v) is 4.09. The number of carbonyl (C=O) groups is 2. The molecule has 0 bridgehead atoms. The van der Waals surface area contributed by atoms with Crippen molar-refractivity contribution in [1.82, 2.24) is 5.32 Å². The van der Waals surface area contributed by atoms with Crippen molar-refractivity contribution in [2.75, 3.05) is 6.61 Å². The van der Waals surface area contributed by atoms with Gasteiger partial charge in [-0.05, 0) is 26.7 Å². The Morgan fingerprint density at radius 1 is 1.13 bits per heavy atom. The third kappa shape index (κ3) is 7.98. The Morgan fingerprint density at radius 3 is 2.10 bits per heavy atom. The number of carbonyl (C=O) groups excluding carboxylic acids is 2. The van der Waals surface area contributed by atoms with Crippen LogP contribution in [0, 0.1) is 29.2 Å². The molecule has 0 saturated heterocycles. The van der Waals surface area contributed by atoms with Crippen LogP contribution in [0.5, 0.6) is 5.75 Å². The van der Waals surface area contributed by atoms with Crippen molar-refractivity contribution in [3.63, 3.8) is 0 Å². The molecule has 1 aromatic carbocycles. The monoisotopic (exact) mass is 452 g/mol. The molecule has 1 aromatic rings. The summed E-state index contributed by atoms with van der Waals surface area (Å²) in [5, 5.41) is 12.8. The summed E-state index contributed by atoms with van der Waals surface area (Å²) in [6.07, 6.45) is -2.23. The zero-order valence-electron chi connectivity index (χ0n) is 18.0. The van der Waals surface area contributed by atoms with Crippen molar-refractivity contribution >= 4 is 11.9 Å². The Morgan fingerprint density at radius 2 is 1.65 bits per heavy atom. The van der Waals surface area contributed by atoms with E-state index in [4.69, 9.17) is 15.2 Å². The predicted octanol–water partition coefficient (Wildman–Crippen LogP) is 2.18. The summed E-state index contributed by atoms with van der Waals surface area (Å²) >= 11 is 0. The van der Waals surface area contributed by atoms with Gasteiger partial charge in [0.15, 0.2) is 17.4 Å². The van der Waals surface area contributed by atoms with Gasteiger partial charge in [0.1, 0.15) is 18.3 Å². The Balaban J connectivity index is 3.01. The molecule has 0 aromatic heterocycles. The van der Waals surface area contributed by atoms with E-state index in [1.807, 2.05) is 0 Å². The molecule has 0 heterocycles. The van der Waals surface area contributed by atoms with Gasteiger partial charge in [-0.25, -0.2) is 8.78 Å². The Bertz CT molecular complexity index is 773. The zero-order valence-corrected chi connectivity index (χ0v) is 18.0. The summed E-state index contributed by atoms with van der Waals surface area (Å²) in [4.78, 5) is 24.4. The number of aliphatic hydroxyl groups is 1. The number of aliphatic hydroxyl groups excluding tert-OH is 1. The standard InChI is InChI=1S/C20H28F4N2O5/c1-9(2)17(25)19(29)26-12(7-14(28)31-20(3,4)5)13(27)8-30-18-15(23)10(21)6-11(22)16(18)24/h6,9,12-13,17,27H,7-8,25H2,1-5H3,(H,26,29)/t12-,13?,17-/m0/s1. The van der Waals surface area contributed by atoms with Crippen LogP contribution in [-0.2, 0) is 14.3 Å². The minimum atomic E-state index is -1.79. The fraction of sp³-hybridized carbons (Fsp3) is 0.600. The molecule has 0 aliphatic rings. The summed E-state index contributed by atoms with van der Waals surface area (Å²) in [7, 11) is 0. The van der Waals surface area contributed by atoms with Crippen molar-refractivity contribution in [3.05, 3.63) is 29.3 Å². The molecule has 3 atom stereocenters. The molecule has 4 N–H and O–H groups in total. The number of nitrogens with one attached hydrogen (secondary N) is 1. The Hall–Kier alpha value is -2.40. The highest BCUT2D eigenvalue weighted by Crippen LogP contribution is 2.26. The Labute approximate surface area is 177 Å². The first-order valence-electron chi connectivity index (χ1n) is 9.55. The van der Waals surface area contributed by atoms with Crippen molar-refractivity contribution in [1.29, 1.82) is 0 Å². The van der Waals surface area contributed by atoms with Crippen molar-refractivity contribution in [2.45, 2.75) is 64.8 Å². The van der Waals surface area contributed by atoms with E-state index in [1.165, 1.54) is 0 Å². The average Bonchev–Trinajstić information content (AvgIpc) is 2.63. The molecule has 0 aliphatic carbocycles. The minimum absolute atomic E-state index is 0.00674. The first kappa shape index (κ1) is 26.6. The zero-order chi connectivity index (χ0) is 24.1. The van der Waals surface area contributed by atoms with Gasteiger partial charge in [0, 0.05) is 6.07 Å². The minimum Gasteiger partial charge on any atom is -0.485 e. The second-order valence-corrected chi connectivity index (χ2v) is 8.35. The molecule has 7 nitrogen and oxygen atoms in total. The molecule has 0 saturated carbocycles. The number of hydrogen-bond acceptors (Lipinski definition) is 6. The van der Waals surface area contributed by atoms with E-state index >= 15 is 0 Å². The average molecular weight is 452 g/mol. The lowest BCUT2D eigenvalue weighted by Crippen LogP contribution is -2.53. The van der Waals surface area contributed by atoms with E-state index in [2.05, 4.69) is 5.32 Å². The molecule has 1 unspecified atom stereocenters. The molecule has 176 valence electrons. The van der Waals surface area contributed by atoms with E-state index in [-0.39, 0.29) is 12.0 Å². The van der Waals surface area contributed by atoms with Gasteiger partial charge in [-0.2, -0.15) is 8.78 Å². The molecular formula is C20H28F4N2O5. The largest absolute Gasteiger partial charge is 0.485 e. The summed E-state index contributed by atoms with van der Waals surface area (Å²) in [6, 6.07) is -2.29. The predicted molar refractivity (Wildman–Crippen MR) is 103 cm³/mol. The third-order valence-electron chi connectivity index (χ3n) is 4.09. The van der Waals surface area contributed by atoms with E-state index in [0.29, 0.717) is 0 Å². The van der Waals surface area contributed by atoms with Crippen molar-refractivity contribution < 1.29 is 41.7 Å². The summed E-state index contributed by atoms with van der Waals surface area (Å²) in [5.41, 5.74) is 4.90. The second-order valence-electron chi connectivity index (χ2n) is 8.35. The van der Waals surface area contributed by atoms with E-state index in [0.717, 1.165) is 0 Å². The van der Waals surface area contributed by atoms with Crippen LogP contribution >= 0.6 is 0 Å². The molecule has 1 amide bonds. The molecule has 0 fully saturated rings. The van der Waals surface area contributed by atoms with Gasteiger partial charge in [-0.1, -0.05) is 13.8 Å². The maximum atomic E-state index is 13.7. The van der Waals surface area contributed by atoms with Crippen LogP contribution in [0.25, 0.3) is 0 Å². The maximum Gasteiger partial charge on any atom is 0.308 e. The van der Waals surface area contributed by atoms with Gasteiger partial charge in [0.2, 0.25) is 17.5 Å². The SMILES string of the molecule is CC(C)[C@H](N)C(=O)N[C@@H](CC(=O)OC(C)(C)C)C(O)COc1c(F)c(F)cc(F)c1F. The van der Waals surface area contributed by atoms with Crippen LogP contribution < -0.4 is 15.8 Å².